The van der Waals surface area contributed by atoms with Crippen molar-refractivity contribution in [2.75, 3.05) is 6.61 Å². The van der Waals surface area contributed by atoms with Crippen molar-refractivity contribution in [3.05, 3.63) is 127 Å². The van der Waals surface area contributed by atoms with Crippen LogP contribution < -0.4 is 19.6 Å². The molecule has 2 heterocycles. The number of thiazole rings is 1. The molecule has 1 aliphatic rings. The van der Waals surface area contributed by atoms with Crippen LogP contribution in [0, 0.1) is 0 Å². The highest BCUT2D eigenvalue weighted by atomic mass is 79.9. The number of fused-ring (bicyclic) bond motifs is 1. The molecule has 1 aromatic heterocycles. The molecule has 0 unspecified atom stereocenters. The minimum atomic E-state index is -0.797. The van der Waals surface area contributed by atoms with Gasteiger partial charge in [-0.25, -0.2) is 9.79 Å². The minimum Gasteiger partial charge on any atom is -0.487 e. The first kappa shape index (κ1) is 29.8. The Labute approximate surface area is 266 Å². The number of ether oxygens (including phenoxy) is 2. The molecule has 0 fully saturated rings. The number of halogens is 4. The lowest BCUT2D eigenvalue weighted by Gasteiger charge is -2.25. The van der Waals surface area contributed by atoms with E-state index in [1.807, 2.05) is 36.4 Å². The number of carbonyl (C=O) groups excluding carboxylic acids is 1. The van der Waals surface area contributed by atoms with Crippen LogP contribution in [0.4, 0.5) is 0 Å². The number of esters is 1. The lowest BCUT2D eigenvalue weighted by atomic mass is 9.96. The van der Waals surface area contributed by atoms with Crippen LogP contribution in [0.1, 0.15) is 36.6 Å². The maximum Gasteiger partial charge on any atom is 0.338 e. The average molecular weight is 737 g/mol. The number of hydrogen-bond donors (Lipinski definition) is 0. The first-order valence-electron chi connectivity index (χ1n) is 12.5. The maximum absolute atomic E-state index is 14.0. The lowest BCUT2D eigenvalue weighted by molar-refractivity contribution is -0.139. The molecule has 5 rings (SSSR count). The second kappa shape index (κ2) is 12.7. The van der Waals surface area contributed by atoms with Crippen molar-refractivity contribution < 1.29 is 14.3 Å². The summed E-state index contributed by atoms with van der Waals surface area (Å²) in [5.41, 5.74) is 2.61. The largest absolute Gasteiger partial charge is 0.487 e. The predicted molar refractivity (Wildman–Crippen MR) is 169 cm³/mol. The van der Waals surface area contributed by atoms with Crippen molar-refractivity contribution >= 4 is 78.4 Å². The highest BCUT2D eigenvalue weighted by Gasteiger charge is 2.34. The third kappa shape index (κ3) is 6.24. The van der Waals surface area contributed by atoms with Gasteiger partial charge < -0.3 is 9.47 Å². The fourth-order valence-corrected chi connectivity index (χ4v) is 7.41. The quantitative estimate of drug-likeness (QED) is 0.188. The van der Waals surface area contributed by atoms with Gasteiger partial charge in [0.25, 0.3) is 5.56 Å². The molecule has 0 spiro atoms. The van der Waals surface area contributed by atoms with Gasteiger partial charge in [0.15, 0.2) is 4.80 Å². The lowest BCUT2D eigenvalue weighted by Crippen LogP contribution is -2.40. The van der Waals surface area contributed by atoms with E-state index in [1.165, 1.54) is 15.9 Å². The molecule has 1 aliphatic heterocycles. The van der Waals surface area contributed by atoms with Gasteiger partial charge in [-0.2, -0.15) is 0 Å². The molecule has 41 heavy (non-hydrogen) atoms. The van der Waals surface area contributed by atoms with E-state index in [-0.39, 0.29) is 24.3 Å². The summed E-state index contributed by atoms with van der Waals surface area (Å²) in [4.78, 5) is 32.2. The molecular formula is C30H22Br2Cl2N2O4S. The summed E-state index contributed by atoms with van der Waals surface area (Å²) in [5.74, 6) is 0.0191. The van der Waals surface area contributed by atoms with Crippen LogP contribution in [-0.2, 0) is 16.1 Å². The zero-order chi connectivity index (χ0) is 29.3. The molecule has 0 saturated heterocycles. The molecule has 1 atom stereocenters. The van der Waals surface area contributed by atoms with Gasteiger partial charge in [-0.05, 0) is 77.3 Å². The summed E-state index contributed by atoms with van der Waals surface area (Å²) in [7, 11) is 0. The Hall–Kier alpha value is -2.69. The third-order valence-corrected chi connectivity index (χ3v) is 8.92. The molecule has 0 N–H and O–H groups in total. The molecule has 210 valence electrons. The summed E-state index contributed by atoms with van der Waals surface area (Å²) < 4.78 is 15.0. The first-order valence-corrected chi connectivity index (χ1v) is 15.6. The fraction of sp³-hybridized carbons (Fsp3) is 0.167. The second-order valence-corrected chi connectivity index (χ2v) is 12.7. The van der Waals surface area contributed by atoms with Crippen LogP contribution >= 0.6 is 66.4 Å². The van der Waals surface area contributed by atoms with E-state index >= 15 is 0 Å². The summed E-state index contributed by atoms with van der Waals surface area (Å²) in [5, 5.41) is 1.05. The number of aromatic nitrogens is 1. The van der Waals surface area contributed by atoms with Gasteiger partial charge >= 0.3 is 5.97 Å². The first-order chi connectivity index (χ1) is 19.7. The zero-order valence-corrected chi connectivity index (χ0v) is 27.3. The van der Waals surface area contributed by atoms with Gasteiger partial charge in [0, 0.05) is 20.1 Å². The Morgan fingerprint density at radius 1 is 1.12 bits per heavy atom. The third-order valence-electron chi connectivity index (χ3n) is 6.31. The predicted octanol–water partition coefficient (Wildman–Crippen LogP) is 7.21. The van der Waals surface area contributed by atoms with Gasteiger partial charge in [-0.1, -0.05) is 80.8 Å². The number of allylic oxidation sites excluding steroid dienone is 1. The van der Waals surface area contributed by atoms with E-state index in [0.29, 0.717) is 46.4 Å². The monoisotopic (exact) mass is 734 g/mol. The normalized spacial score (nSPS) is 15.0. The summed E-state index contributed by atoms with van der Waals surface area (Å²) in [6.07, 6.45) is 1.76. The van der Waals surface area contributed by atoms with Crippen LogP contribution in [0.5, 0.6) is 5.75 Å². The van der Waals surface area contributed by atoms with Gasteiger partial charge in [0.1, 0.15) is 18.4 Å². The van der Waals surface area contributed by atoms with Crippen molar-refractivity contribution in [2.45, 2.75) is 26.5 Å². The van der Waals surface area contributed by atoms with Crippen LogP contribution in [0.2, 0.25) is 10.0 Å². The van der Waals surface area contributed by atoms with Gasteiger partial charge in [0.2, 0.25) is 0 Å². The van der Waals surface area contributed by atoms with E-state index in [1.54, 1.807) is 44.2 Å². The topological polar surface area (TPSA) is 69.9 Å². The Bertz CT molecular complexity index is 1880. The molecule has 0 amide bonds. The summed E-state index contributed by atoms with van der Waals surface area (Å²) in [6, 6.07) is 17.5. The Morgan fingerprint density at radius 3 is 2.63 bits per heavy atom. The van der Waals surface area contributed by atoms with Gasteiger partial charge in [-0.15, -0.1) is 0 Å². The Balaban J connectivity index is 1.66. The van der Waals surface area contributed by atoms with Crippen molar-refractivity contribution in [2.24, 2.45) is 4.99 Å². The number of rotatable bonds is 7. The molecule has 0 aliphatic carbocycles. The second-order valence-electron chi connectivity index (χ2n) is 9.05. The highest BCUT2D eigenvalue weighted by Crippen LogP contribution is 2.36. The van der Waals surface area contributed by atoms with E-state index in [2.05, 4.69) is 36.9 Å². The van der Waals surface area contributed by atoms with E-state index in [4.69, 9.17) is 32.7 Å². The molecule has 0 bridgehead atoms. The Morgan fingerprint density at radius 2 is 1.90 bits per heavy atom. The highest BCUT2D eigenvalue weighted by molar-refractivity contribution is 9.11. The molecular weight excluding hydrogens is 715 g/mol. The van der Waals surface area contributed by atoms with Crippen LogP contribution in [-0.4, -0.2) is 17.1 Å². The van der Waals surface area contributed by atoms with Crippen LogP contribution in [0.3, 0.4) is 0 Å². The Kier molecular flexibility index (Phi) is 9.21. The van der Waals surface area contributed by atoms with Crippen LogP contribution in [0.15, 0.2) is 90.7 Å². The molecule has 11 heteroatoms. The number of nitrogens with zero attached hydrogens (tertiary/aromatic N) is 2. The zero-order valence-electron chi connectivity index (χ0n) is 21.8. The van der Waals surface area contributed by atoms with E-state index < -0.39 is 12.0 Å². The van der Waals surface area contributed by atoms with E-state index in [0.717, 1.165) is 10.0 Å². The molecule has 0 saturated carbocycles. The minimum absolute atomic E-state index is 0.186. The van der Waals surface area contributed by atoms with Crippen molar-refractivity contribution in [3.8, 4) is 5.75 Å². The molecule has 6 nitrogen and oxygen atoms in total. The van der Waals surface area contributed by atoms with Crippen molar-refractivity contribution in [3.63, 3.8) is 0 Å². The van der Waals surface area contributed by atoms with Crippen LogP contribution in [0.25, 0.3) is 6.08 Å². The maximum atomic E-state index is 14.0. The standard InChI is InChI=1S/C30H22Br2Cl2N2O4S/c1-3-39-29(38)25-16(2)35-30-36(26(25)21-9-4-5-10-23(21)34)28(37)24(41-30)13-18-12-19(31)14-22(32)27(18)40-15-17-7-6-8-20(33)11-17/h4-14,26H,3,15H2,1-2H3/b24-13-/t26-/m1/s1. The van der Waals surface area contributed by atoms with Gasteiger partial charge in [0.05, 0.1) is 26.9 Å². The number of hydrogen-bond acceptors (Lipinski definition) is 6. The van der Waals surface area contributed by atoms with Crippen molar-refractivity contribution in [1.82, 2.24) is 4.57 Å². The van der Waals surface area contributed by atoms with E-state index in [9.17, 15) is 9.59 Å². The number of benzene rings is 3. The van der Waals surface area contributed by atoms with Crippen molar-refractivity contribution in [1.29, 1.82) is 0 Å². The molecule has 3 aromatic carbocycles. The SMILES string of the molecule is CCOC(=O)C1=C(C)N=c2s/c(=C\c3cc(Br)cc(Br)c3OCc3cccc(Cl)c3)c(=O)n2[C@@H]1c1ccccc1Cl. The molecule has 4 aromatic rings. The molecule has 0 radical (unpaired) electrons. The fourth-order valence-electron chi connectivity index (χ4n) is 4.55. The van der Waals surface area contributed by atoms with Gasteiger partial charge in [-0.3, -0.25) is 9.36 Å². The smallest absolute Gasteiger partial charge is 0.338 e. The number of carbonyl (C=O) groups is 1. The average Bonchev–Trinajstić information content (AvgIpc) is 3.22. The summed E-state index contributed by atoms with van der Waals surface area (Å²) >= 11 is 21.1. The summed E-state index contributed by atoms with van der Waals surface area (Å²) in [6.45, 7) is 3.93.